The molecule has 0 spiro atoms. The van der Waals surface area contributed by atoms with Crippen LogP contribution in [0.25, 0.3) is 0 Å². The Morgan fingerprint density at radius 3 is 1.54 bits per heavy atom. The number of ether oxygens (including phenoxy) is 1. The molecule has 0 aromatic heterocycles. The summed E-state index contributed by atoms with van der Waals surface area (Å²) < 4.78 is 5.56. The first-order valence-corrected chi connectivity index (χ1v) is 7.93. The molecule has 2 rings (SSSR count). The van der Waals surface area contributed by atoms with Crippen LogP contribution >= 0.6 is 0 Å². The van der Waals surface area contributed by atoms with Gasteiger partial charge in [0, 0.05) is 38.8 Å². The van der Waals surface area contributed by atoms with Crippen molar-refractivity contribution in [2.75, 3.05) is 13.8 Å². The number of hydrogen-bond donors (Lipinski definition) is 0. The molecule has 26 heavy (non-hydrogen) atoms. The normalized spacial score (nSPS) is 8.92. The summed E-state index contributed by atoms with van der Waals surface area (Å²) in [6, 6.07) is 20.9. The van der Waals surface area contributed by atoms with E-state index in [-0.39, 0.29) is 55.0 Å². The predicted molar refractivity (Wildman–Crippen MR) is 116 cm³/mol. The van der Waals surface area contributed by atoms with Gasteiger partial charge in [-0.15, -0.1) is 0 Å². The molecule has 0 aliphatic carbocycles. The van der Waals surface area contributed by atoms with Gasteiger partial charge in [0.05, 0.1) is 0 Å². The Labute approximate surface area is 189 Å². The minimum absolute atomic E-state index is 0. The molecule has 2 nitrogen and oxygen atoms in total. The quantitative estimate of drug-likeness (QED) is 0.465. The standard InChI is InChI=1S/C11H17NO.C9H12.3CH4.Y/c1-10(2)12(3)9-13-11-7-5-4-6-8-11;1-8(2)9-6-4-3-5-7-9;;;;/h4-8,10H,9H2,1-3H3;3-8H,1-2H3;3*1H4;. The second kappa shape index (κ2) is 19.1. The number of para-hydroxylation sites is 1. The van der Waals surface area contributed by atoms with E-state index < -0.39 is 0 Å². The molecule has 0 bridgehead atoms. The van der Waals surface area contributed by atoms with Crippen LogP contribution in [0.3, 0.4) is 0 Å². The third-order valence-electron chi connectivity index (χ3n) is 3.53. The van der Waals surface area contributed by atoms with Crippen LogP contribution in [0.4, 0.5) is 0 Å². The molecule has 1 radical (unpaired) electrons. The fourth-order valence-corrected chi connectivity index (χ4v) is 1.68. The topological polar surface area (TPSA) is 12.5 Å². The van der Waals surface area contributed by atoms with Crippen LogP contribution < -0.4 is 4.74 Å². The van der Waals surface area contributed by atoms with Gasteiger partial charge in [-0.3, -0.25) is 4.90 Å². The summed E-state index contributed by atoms with van der Waals surface area (Å²) in [5, 5.41) is 0. The summed E-state index contributed by atoms with van der Waals surface area (Å²) >= 11 is 0. The van der Waals surface area contributed by atoms with Gasteiger partial charge in [-0.25, -0.2) is 0 Å². The van der Waals surface area contributed by atoms with E-state index in [1.165, 1.54) is 5.56 Å². The molecule has 0 unspecified atom stereocenters. The maximum atomic E-state index is 5.56. The van der Waals surface area contributed by atoms with E-state index in [1.807, 2.05) is 43.4 Å². The fraction of sp³-hybridized carbons (Fsp3) is 0.478. The predicted octanol–water partition coefficient (Wildman–Crippen LogP) is 7.08. The molecule has 0 atom stereocenters. The van der Waals surface area contributed by atoms with E-state index in [1.54, 1.807) is 0 Å². The second-order valence-electron chi connectivity index (χ2n) is 6.00. The van der Waals surface area contributed by atoms with E-state index in [9.17, 15) is 0 Å². The van der Waals surface area contributed by atoms with Gasteiger partial charge in [-0.1, -0.05) is 84.7 Å². The van der Waals surface area contributed by atoms with Crippen molar-refractivity contribution in [3.8, 4) is 5.75 Å². The Kier molecular flexibility index (Phi) is 24.2. The SMILES string of the molecule is C.C.C.CC(C)N(C)COc1ccccc1.CC(C)c1ccccc1.[Y]. The molecule has 0 saturated heterocycles. The van der Waals surface area contributed by atoms with E-state index in [0.717, 1.165) is 5.75 Å². The van der Waals surface area contributed by atoms with Crippen molar-refractivity contribution >= 4 is 0 Å². The van der Waals surface area contributed by atoms with Crippen molar-refractivity contribution in [3.05, 3.63) is 66.2 Å². The summed E-state index contributed by atoms with van der Waals surface area (Å²) in [4.78, 5) is 2.15. The van der Waals surface area contributed by atoms with E-state index in [2.05, 4.69) is 56.9 Å². The van der Waals surface area contributed by atoms with Crippen LogP contribution in [0.2, 0.25) is 0 Å². The van der Waals surface area contributed by atoms with Crippen LogP contribution in [0, 0.1) is 0 Å². The third-order valence-corrected chi connectivity index (χ3v) is 3.53. The minimum atomic E-state index is 0. The monoisotopic (exact) mass is 436 g/mol. The zero-order chi connectivity index (χ0) is 16.4. The molecule has 147 valence electrons. The van der Waals surface area contributed by atoms with E-state index in [4.69, 9.17) is 4.74 Å². The largest absolute Gasteiger partial charge is 0.478 e. The van der Waals surface area contributed by atoms with Crippen molar-refractivity contribution < 1.29 is 37.4 Å². The van der Waals surface area contributed by atoms with Gasteiger partial charge in [0.2, 0.25) is 0 Å². The Morgan fingerprint density at radius 1 is 0.769 bits per heavy atom. The van der Waals surface area contributed by atoms with E-state index in [0.29, 0.717) is 18.7 Å². The second-order valence-corrected chi connectivity index (χ2v) is 6.00. The van der Waals surface area contributed by atoms with Gasteiger partial charge in [0.15, 0.2) is 0 Å². The summed E-state index contributed by atoms with van der Waals surface area (Å²) in [6.45, 7) is 9.34. The smallest absolute Gasteiger partial charge is 0.142 e. The first kappa shape index (κ1) is 32.9. The van der Waals surface area contributed by atoms with Crippen LogP contribution in [0.5, 0.6) is 5.75 Å². The number of nitrogens with zero attached hydrogens (tertiary/aromatic N) is 1. The average molecular weight is 436 g/mol. The zero-order valence-electron chi connectivity index (χ0n) is 15.1. The van der Waals surface area contributed by atoms with Gasteiger partial charge in [0.25, 0.3) is 0 Å². The van der Waals surface area contributed by atoms with Crippen molar-refractivity contribution in [1.82, 2.24) is 4.90 Å². The molecule has 2 aromatic carbocycles. The Bertz CT molecular complexity index is 500. The number of rotatable bonds is 5. The summed E-state index contributed by atoms with van der Waals surface area (Å²) in [7, 11) is 2.05. The molecule has 0 N–H and O–H groups in total. The summed E-state index contributed by atoms with van der Waals surface area (Å²) in [6.07, 6.45) is 0. The number of hydrogen-bond acceptors (Lipinski definition) is 2. The molecule has 3 heteroatoms. The van der Waals surface area contributed by atoms with Crippen molar-refractivity contribution in [1.29, 1.82) is 0 Å². The maximum Gasteiger partial charge on any atom is 0.142 e. The Balaban J connectivity index is -0.000000168. The minimum Gasteiger partial charge on any atom is -0.478 e. The van der Waals surface area contributed by atoms with Crippen molar-refractivity contribution in [2.45, 2.75) is 61.9 Å². The Morgan fingerprint density at radius 2 is 1.19 bits per heavy atom. The van der Waals surface area contributed by atoms with Gasteiger partial charge >= 0.3 is 0 Å². The van der Waals surface area contributed by atoms with E-state index >= 15 is 0 Å². The van der Waals surface area contributed by atoms with Gasteiger partial charge in [0.1, 0.15) is 12.5 Å². The summed E-state index contributed by atoms with van der Waals surface area (Å²) in [5.41, 5.74) is 1.41. The van der Waals surface area contributed by atoms with Crippen molar-refractivity contribution in [3.63, 3.8) is 0 Å². The van der Waals surface area contributed by atoms with Crippen LogP contribution in [-0.2, 0) is 32.7 Å². The first-order valence-electron chi connectivity index (χ1n) is 7.93. The third kappa shape index (κ3) is 14.5. The molecule has 0 fully saturated rings. The fourth-order valence-electron chi connectivity index (χ4n) is 1.68. The molecule has 2 aromatic rings. The zero-order valence-corrected chi connectivity index (χ0v) is 17.9. The number of benzene rings is 2. The molecule has 0 heterocycles. The molecule has 0 saturated carbocycles. The molecule has 0 amide bonds. The van der Waals surface area contributed by atoms with Crippen molar-refractivity contribution in [2.24, 2.45) is 0 Å². The maximum absolute atomic E-state index is 5.56. The molecule has 0 aliphatic rings. The van der Waals surface area contributed by atoms with Gasteiger partial charge in [-0.2, -0.15) is 0 Å². The van der Waals surface area contributed by atoms with Crippen LogP contribution in [-0.4, -0.2) is 24.7 Å². The van der Waals surface area contributed by atoms with Gasteiger partial charge < -0.3 is 4.74 Å². The van der Waals surface area contributed by atoms with Gasteiger partial charge in [-0.05, 0) is 44.5 Å². The average Bonchev–Trinajstić information content (AvgIpc) is 2.55. The Hall–Kier alpha value is -0.696. The molecular weight excluding hydrogens is 395 g/mol. The summed E-state index contributed by atoms with van der Waals surface area (Å²) in [5.74, 6) is 1.58. The van der Waals surface area contributed by atoms with Crippen LogP contribution in [0.15, 0.2) is 60.7 Å². The molecular formula is C23H41NOY. The first-order chi connectivity index (χ1) is 10.5. The molecule has 0 aliphatic heterocycles. The van der Waals surface area contributed by atoms with Crippen LogP contribution in [0.1, 0.15) is 61.5 Å².